The first-order valence-electron chi connectivity index (χ1n) is 18.6. The van der Waals surface area contributed by atoms with E-state index in [1.807, 2.05) is 18.2 Å². The number of alkyl halides is 3. The molecule has 2 aliphatic heterocycles. The number of methoxy groups -OCH3 is 2. The summed E-state index contributed by atoms with van der Waals surface area (Å²) < 4.78 is 69.6. The van der Waals surface area contributed by atoms with Gasteiger partial charge in [0.1, 0.15) is 28.8 Å². The second kappa shape index (κ2) is 14.6. The number of allylic oxidation sites excluding steroid dienone is 2. The SMILES string of the molecule is COc1ccc(OC)c(C=Cc2ccc(N3C(=O)[C@H]4[C@H](CC=C5[C@H]4C[C@H]4C(=O)N(c6ccc(F)c(Cl)c6)C(=O)[C@@]4(C)[C@H]5c4cc(OC(F)(F)F)ccc4O)C3=O)cc2)c1. The fourth-order valence-corrected chi connectivity index (χ4v) is 9.51. The van der Waals surface area contributed by atoms with E-state index in [9.17, 15) is 41.8 Å². The van der Waals surface area contributed by atoms with Crippen LogP contribution in [-0.2, 0) is 19.2 Å². The monoisotopic (exact) mass is 830 g/mol. The molecule has 0 aromatic heterocycles. The number of phenolic OH excluding ortho intramolecular Hbond substituents is 1. The number of ether oxygens (including phenoxy) is 3. The maximum absolute atomic E-state index is 14.7. The minimum Gasteiger partial charge on any atom is -0.508 e. The average Bonchev–Trinajstić information content (AvgIpc) is 3.57. The van der Waals surface area contributed by atoms with E-state index in [2.05, 4.69) is 4.74 Å². The van der Waals surface area contributed by atoms with Gasteiger partial charge in [0, 0.05) is 17.0 Å². The normalized spacial score (nSPS) is 25.2. The Labute approximate surface area is 340 Å². The predicted molar refractivity (Wildman–Crippen MR) is 208 cm³/mol. The lowest BCUT2D eigenvalue weighted by Gasteiger charge is -2.49. The molecule has 4 aromatic rings. The Kier molecular flexibility index (Phi) is 9.81. The minimum atomic E-state index is -5.09. The van der Waals surface area contributed by atoms with Crippen molar-refractivity contribution in [3.8, 4) is 23.0 Å². The van der Waals surface area contributed by atoms with Gasteiger partial charge in [-0.1, -0.05) is 47.5 Å². The largest absolute Gasteiger partial charge is 0.573 e. The average molecular weight is 831 g/mol. The molecule has 10 nitrogen and oxygen atoms in total. The van der Waals surface area contributed by atoms with Crippen molar-refractivity contribution in [1.29, 1.82) is 0 Å². The molecule has 0 unspecified atom stereocenters. The summed E-state index contributed by atoms with van der Waals surface area (Å²) in [6.45, 7) is 1.49. The topological polar surface area (TPSA) is 123 Å². The van der Waals surface area contributed by atoms with Crippen LogP contribution in [0, 0.1) is 34.9 Å². The number of halogens is 5. The molecule has 59 heavy (non-hydrogen) atoms. The van der Waals surface area contributed by atoms with E-state index in [4.69, 9.17) is 21.1 Å². The van der Waals surface area contributed by atoms with Gasteiger partial charge < -0.3 is 19.3 Å². The molecule has 2 heterocycles. The molecule has 1 saturated carbocycles. The van der Waals surface area contributed by atoms with Crippen LogP contribution in [0.1, 0.15) is 42.4 Å². The van der Waals surface area contributed by atoms with Gasteiger partial charge in [-0.15, -0.1) is 13.2 Å². The van der Waals surface area contributed by atoms with Crippen LogP contribution in [0.25, 0.3) is 12.2 Å². The number of benzene rings is 4. The van der Waals surface area contributed by atoms with Gasteiger partial charge >= 0.3 is 6.36 Å². The Morgan fingerprint density at radius 2 is 1.53 bits per heavy atom. The summed E-state index contributed by atoms with van der Waals surface area (Å²) in [6.07, 6.45) is 0.220. The summed E-state index contributed by atoms with van der Waals surface area (Å²) in [4.78, 5) is 59.8. The number of amides is 4. The van der Waals surface area contributed by atoms with Gasteiger partial charge in [0.25, 0.3) is 0 Å². The van der Waals surface area contributed by atoms with Crippen LogP contribution in [0.5, 0.6) is 23.0 Å². The van der Waals surface area contributed by atoms with E-state index >= 15 is 0 Å². The number of fused-ring (bicyclic) bond motifs is 4. The number of phenols is 1. The van der Waals surface area contributed by atoms with E-state index < -0.39 is 82.3 Å². The highest BCUT2D eigenvalue weighted by atomic mass is 35.5. The number of carbonyl (C=O) groups excluding carboxylic acids is 4. The van der Waals surface area contributed by atoms with Crippen molar-refractivity contribution in [1.82, 2.24) is 0 Å². The van der Waals surface area contributed by atoms with E-state index in [-0.39, 0.29) is 29.1 Å². The van der Waals surface area contributed by atoms with E-state index in [1.54, 1.807) is 56.7 Å². The maximum Gasteiger partial charge on any atom is 0.573 e. The van der Waals surface area contributed by atoms with Gasteiger partial charge in [-0.3, -0.25) is 24.1 Å². The molecule has 1 N–H and O–H groups in total. The van der Waals surface area contributed by atoms with E-state index in [0.29, 0.717) is 22.8 Å². The Morgan fingerprint density at radius 1 is 0.814 bits per heavy atom. The van der Waals surface area contributed by atoms with Gasteiger partial charge in [0.15, 0.2) is 0 Å². The van der Waals surface area contributed by atoms with Crippen LogP contribution in [0.15, 0.2) is 90.5 Å². The van der Waals surface area contributed by atoms with Crippen molar-refractivity contribution in [3.63, 3.8) is 0 Å². The second-order valence-corrected chi connectivity index (χ2v) is 15.5. The number of hydrogen-bond acceptors (Lipinski definition) is 8. The number of imide groups is 2. The molecule has 0 radical (unpaired) electrons. The first kappa shape index (κ1) is 39.7. The van der Waals surface area contributed by atoms with Crippen LogP contribution in [0.4, 0.5) is 28.9 Å². The maximum atomic E-state index is 14.7. The lowest BCUT2D eigenvalue weighted by molar-refractivity contribution is -0.274. The summed E-state index contributed by atoms with van der Waals surface area (Å²) in [5, 5.41) is 10.9. The van der Waals surface area contributed by atoms with Crippen LogP contribution < -0.4 is 24.0 Å². The van der Waals surface area contributed by atoms with Gasteiger partial charge in [0.2, 0.25) is 23.6 Å². The van der Waals surface area contributed by atoms with Crippen LogP contribution in [0.2, 0.25) is 5.02 Å². The minimum absolute atomic E-state index is 0.0341. The standard InChI is InChI=1S/C44H35ClF4N2O8/c1-43-32(40(54)51(42(43)56)25-10-15-34(46)33(45)19-25)21-30-28(38(43)31-20-27(11-16-35(31)52)59-44(47,48)49)13-14-29-37(30)41(55)50(39(29)53)24-8-5-22(6-9-24)4-7-23-18-26(57-2)12-17-36(23)58-3/h4-13,15-20,29-30,32,37-38,52H,14,21H2,1-3H3/t29-,30+,32-,37-,38+,43+/m0/s1. The number of aromatic hydroxyl groups is 1. The Morgan fingerprint density at radius 3 is 2.20 bits per heavy atom. The van der Waals surface area contributed by atoms with Gasteiger partial charge in [-0.2, -0.15) is 0 Å². The highest BCUT2D eigenvalue weighted by Crippen LogP contribution is 2.65. The third-order valence-corrected chi connectivity index (χ3v) is 12.3. The second-order valence-electron chi connectivity index (χ2n) is 15.1. The molecule has 6 atom stereocenters. The lowest BCUT2D eigenvalue weighted by atomic mass is 9.51. The molecule has 4 aromatic carbocycles. The predicted octanol–water partition coefficient (Wildman–Crippen LogP) is 8.71. The number of hydrogen-bond donors (Lipinski definition) is 1. The van der Waals surface area contributed by atoms with Crippen molar-refractivity contribution in [2.75, 3.05) is 24.0 Å². The van der Waals surface area contributed by atoms with Crippen LogP contribution in [-0.4, -0.2) is 49.3 Å². The van der Waals surface area contributed by atoms with Crippen molar-refractivity contribution < 1.29 is 56.1 Å². The first-order valence-corrected chi connectivity index (χ1v) is 18.9. The molecule has 15 heteroatoms. The Bertz CT molecular complexity index is 2490. The summed E-state index contributed by atoms with van der Waals surface area (Å²) in [7, 11) is 3.11. The third kappa shape index (κ3) is 6.59. The molecule has 3 fully saturated rings. The highest BCUT2D eigenvalue weighted by Gasteiger charge is 2.68. The summed E-state index contributed by atoms with van der Waals surface area (Å²) in [5.74, 6) is -8.34. The van der Waals surface area contributed by atoms with Crippen molar-refractivity contribution in [2.24, 2.45) is 29.1 Å². The molecular weight excluding hydrogens is 796 g/mol. The zero-order valence-corrected chi connectivity index (χ0v) is 32.4. The zero-order valence-electron chi connectivity index (χ0n) is 31.6. The summed E-state index contributed by atoms with van der Waals surface area (Å²) >= 11 is 6.06. The van der Waals surface area contributed by atoms with Gasteiger partial charge in [0.05, 0.1) is 53.8 Å². The molecule has 0 spiro atoms. The third-order valence-electron chi connectivity index (χ3n) is 12.0. The highest BCUT2D eigenvalue weighted by molar-refractivity contribution is 6.32. The number of rotatable bonds is 8. The smallest absolute Gasteiger partial charge is 0.508 e. The molecule has 304 valence electrons. The van der Waals surface area contributed by atoms with Crippen LogP contribution >= 0.6 is 11.6 Å². The summed E-state index contributed by atoms with van der Waals surface area (Å²) in [5.41, 5.74) is 0.333. The first-order chi connectivity index (χ1) is 28.0. The molecular formula is C44H35ClF4N2O8. The lowest BCUT2D eigenvalue weighted by Crippen LogP contribution is -2.49. The van der Waals surface area contributed by atoms with Crippen molar-refractivity contribution >= 4 is 58.8 Å². The van der Waals surface area contributed by atoms with Gasteiger partial charge in [-0.05, 0) is 98.0 Å². The fourth-order valence-electron chi connectivity index (χ4n) is 9.34. The Balaban J connectivity index is 1.16. The molecule has 0 bridgehead atoms. The van der Waals surface area contributed by atoms with E-state index in [1.165, 1.54) is 13.0 Å². The van der Waals surface area contributed by atoms with Gasteiger partial charge in [-0.25, -0.2) is 9.29 Å². The molecule has 8 rings (SSSR count). The number of nitrogens with zero attached hydrogens (tertiary/aromatic N) is 2. The molecule has 4 amide bonds. The zero-order chi connectivity index (χ0) is 42.1. The van der Waals surface area contributed by atoms with Crippen LogP contribution in [0.3, 0.4) is 0 Å². The Hall–Kier alpha value is -6.15. The van der Waals surface area contributed by atoms with Crippen molar-refractivity contribution in [2.45, 2.75) is 32.0 Å². The number of carbonyl (C=O) groups is 4. The quantitative estimate of drug-likeness (QED) is 0.0811. The van der Waals surface area contributed by atoms with Crippen molar-refractivity contribution in [3.05, 3.63) is 118 Å². The molecule has 4 aliphatic rings. The summed E-state index contributed by atoms with van der Waals surface area (Å²) in [6, 6.07) is 18.3. The molecule has 2 saturated heterocycles. The molecule has 2 aliphatic carbocycles. The number of anilines is 2. The fraction of sp³-hybridized carbons (Fsp3) is 0.273. The van der Waals surface area contributed by atoms with E-state index in [0.717, 1.165) is 51.3 Å².